The monoisotopic (exact) mass is 408 g/mol. The molecule has 1 amide bonds. The minimum Gasteiger partial charge on any atom is -0.495 e. The number of fused-ring (bicyclic) bond motifs is 1. The topological polar surface area (TPSA) is 76.0 Å². The molecule has 2 atom stereocenters. The van der Waals surface area contributed by atoms with Gasteiger partial charge in [-0.3, -0.25) is 4.79 Å². The number of halogens is 2. The predicted molar refractivity (Wildman–Crippen MR) is 97.5 cm³/mol. The third-order valence-electron chi connectivity index (χ3n) is 3.80. The van der Waals surface area contributed by atoms with Crippen molar-refractivity contribution in [2.45, 2.75) is 11.3 Å². The van der Waals surface area contributed by atoms with Crippen LogP contribution < -0.4 is 9.64 Å². The normalized spacial score (nSPS) is 26.6. The van der Waals surface area contributed by atoms with E-state index in [1.165, 1.54) is 18.9 Å². The Balaban J connectivity index is 2.10. The van der Waals surface area contributed by atoms with E-state index in [4.69, 9.17) is 27.9 Å². The number of sulfone groups is 1. The zero-order chi connectivity index (χ0) is 17.5. The van der Waals surface area contributed by atoms with Crippen molar-refractivity contribution in [3.63, 3.8) is 0 Å². The first-order valence-corrected chi connectivity index (χ1v) is 10.6. The van der Waals surface area contributed by atoms with Gasteiger partial charge in [-0.25, -0.2) is 8.42 Å². The van der Waals surface area contributed by atoms with Gasteiger partial charge in [-0.1, -0.05) is 23.4 Å². The van der Waals surface area contributed by atoms with Crippen molar-refractivity contribution in [2.75, 3.05) is 29.4 Å². The summed E-state index contributed by atoms with van der Waals surface area (Å²) in [5, 5.41) is 0.704. The second-order valence-electron chi connectivity index (χ2n) is 5.41. The Morgan fingerprint density at radius 3 is 2.88 bits per heavy atom. The average Bonchev–Trinajstić information content (AvgIpc) is 2.97. The molecule has 0 saturated carbocycles. The number of thioether (sulfide) groups is 1. The van der Waals surface area contributed by atoms with Crippen molar-refractivity contribution in [2.24, 2.45) is 4.99 Å². The number of rotatable bonds is 3. The zero-order valence-electron chi connectivity index (χ0n) is 12.6. The number of nitrogens with zero attached hydrogens (tertiary/aromatic N) is 2. The summed E-state index contributed by atoms with van der Waals surface area (Å²) in [5.74, 6) is -0.147. The molecule has 0 unspecified atom stereocenters. The van der Waals surface area contributed by atoms with Gasteiger partial charge >= 0.3 is 0 Å². The van der Waals surface area contributed by atoms with Crippen molar-refractivity contribution in [1.29, 1.82) is 0 Å². The molecule has 0 bridgehead atoms. The lowest BCUT2D eigenvalue weighted by Crippen LogP contribution is -2.38. The number of amides is 1. The van der Waals surface area contributed by atoms with Crippen LogP contribution in [0.1, 0.15) is 0 Å². The molecule has 0 spiro atoms. The van der Waals surface area contributed by atoms with E-state index in [0.717, 1.165) is 0 Å². The summed E-state index contributed by atoms with van der Waals surface area (Å²) < 4.78 is 29.4. The molecule has 2 saturated heterocycles. The van der Waals surface area contributed by atoms with E-state index in [2.05, 4.69) is 4.99 Å². The minimum atomic E-state index is -3.14. The minimum absolute atomic E-state index is 0.00554. The summed E-state index contributed by atoms with van der Waals surface area (Å²) in [7, 11) is -1.62. The highest BCUT2D eigenvalue weighted by atomic mass is 35.5. The molecule has 10 heteroatoms. The number of methoxy groups -OCH3 is 1. The fraction of sp³-hybridized carbons (Fsp3) is 0.429. The molecule has 2 aliphatic rings. The van der Waals surface area contributed by atoms with Crippen molar-refractivity contribution in [3.05, 3.63) is 23.2 Å². The summed E-state index contributed by atoms with van der Waals surface area (Å²) in [6.07, 6.45) is 0. The molecule has 130 valence electrons. The summed E-state index contributed by atoms with van der Waals surface area (Å²) in [6, 6.07) is 4.72. The van der Waals surface area contributed by atoms with Gasteiger partial charge in [0.15, 0.2) is 15.0 Å². The molecule has 24 heavy (non-hydrogen) atoms. The number of amidine groups is 1. The van der Waals surface area contributed by atoms with Crippen LogP contribution in [0.25, 0.3) is 0 Å². The predicted octanol–water partition coefficient (Wildman–Crippen LogP) is 2.19. The molecule has 0 N–H and O–H groups in total. The van der Waals surface area contributed by atoms with Crippen molar-refractivity contribution < 1.29 is 17.9 Å². The number of alkyl halides is 1. The van der Waals surface area contributed by atoms with Gasteiger partial charge in [0.25, 0.3) is 5.91 Å². The standard InChI is InChI=1S/C14H14Cl2N2O4S2/c1-22-11-3-2-8(16)4-9(11)18-10-6-24(20,21)7-12(10)23-14(18)17-13(19)5-15/h2-4,10,12H,5-7H2,1H3/t10-,12+/m1/s1. The molecular formula is C14H14Cl2N2O4S2. The molecule has 1 aromatic carbocycles. The first kappa shape index (κ1) is 17.8. The lowest BCUT2D eigenvalue weighted by atomic mass is 10.2. The molecule has 6 nitrogen and oxygen atoms in total. The largest absolute Gasteiger partial charge is 0.495 e. The fourth-order valence-corrected chi connectivity index (χ4v) is 6.98. The maximum atomic E-state index is 12.0. The van der Waals surface area contributed by atoms with Crippen LogP contribution in [-0.4, -0.2) is 55.3 Å². The van der Waals surface area contributed by atoms with Gasteiger partial charge in [0.1, 0.15) is 11.6 Å². The van der Waals surface area contributed by atoms with Gasteiger partial charge in [0, 0.05) is 10.3 Å². The lowest BCUT2D eigenvalue weighted by Gasteiger charge is -2.26. The van der Waals surface area contributed by atoms with Gasteiger partial charge in [-0.15, -0.1) is 11.6 Å². The third-order valence-corrected chi connectivity index (χ3v) is 7.48. The van der Waals surface area contributed by atoms with Gasteiger partial charge in [0.05, 0.1) is 30.3 Å². The Hall–Kier alpha value is -0.960. The Labute approximate surface area is 154 Å². The van der Waals surface area contributed by atoms with Crippen molar-refractivity contribution in [3.8, 4) is 5.75 Å². The van der Waals surface area contributed by atoms with Crippen LogP contribution in [0, 0.1) is 0 Å². The van der Waals surface area contributed by atoms with Crippen molar-refractivity contribution >= 4 is 61.6 Å². The van der Waals surface area contributed by atoms with E-state index in [0.29, 0.717) is 21.6 Å². The molecule has 0 radical (unpaired) electrons. The maximum absolute atomic E-state index is 12.0. The summed E-state index contributed by atoms with van der Waals surface area (Å²) >= 11 is 12.9. The summed E-state index contributed by atoms with van der Waals surface area (Å²) in [6.45, 7) is 0. The average molecular weight is 409 g/mol. The first-order valence-electron chi connectivity index (χ1n) is 7.02. The molecule has 1 aromatic rings. The van der Waals surface area contributed by atoms with E-state index in [-0.39, 0.29) is 28.7 Å². The van der Waals surface area contributed by atoms with Crippen LogP contribution >= 0.6 is 35.0 Å². The van der Waals surface area contributed by atoms with Gasteiger partial charge in [-0.05, 0) is 18.2 Å². The highest BCUT2D eigenvalue weighted by Gasteiger charge is 2.50. The summed E-state index contributed by atoms with van der Waals surface area (Å²) in [4.78, 5) is 17.4. The Bertz CT molecular complexity index is 813. The number of hydrogen-bond donors (Lipinski definition) is 0. The number of ether oxygens (including phenoxy) is 1. The van der Waals surface area contributed by atoms with Crippen LogP contribution in [0.15, 0.2) is 23.2 Å². The van der Waals surface area contributed by atoms with Crippen LogP contribution in [0.4, 0.5) is 5.69 Å². The molecule has 3 rings (SSSR count). The van der Waals surface area contributed by atoms with Crippen LogP contribution in [-0.2, 0) is 14.6 Å². The smallest absolute Gasteiger partial charge is 0.262 e. The second-order valence-corrected chi connectivity index (χ2v) is 9.47. The molecule has 2 heterocycles. The highest BCUT2D eigenvalue weighted by molar-refractivity contribution is 8.16. The number of benzene rings is 1. The Morgan fingerprint density at radius 2 is 2.21 bits per heavy atom. The molecule has 2 aliphatic heterocycles. The van der Waals surface area contributed by atoms with E-state index >= 15 is 0 Å². The Morgan fingerprint density at radius 1 is 1.46 bits per heavy atom. The van der Waals surface area contributed by atoms with E-state index in [9.17, 15) is 13.2 Å². The van der Waals surface area contributed by atoms with Gasteiger partial charge < -0.3 is 9.64 Å². The second kappa shape index (κ2) is 6.74. The van der Waals surface area contributed by atoms with Gasteiger partial charge in [-0.2, -0.15) is 4.99 Å². The number of hydrogen-bond acceptors (Lipinski definition) is 5. The number of aliphatic imine (C=N–C) groups is 1. The Kier molecular flexibility index (Phi) is 5.01. The fourth-order valence-electron chi connectivity index (χ4n) is 2.83. The summed E-state index contributed by atoms with van der Waals surface area (Å²) in [5.41, 5.74) is 0.586. The SMILES string of the molecule is COc1ccc(Cl)cc1N1C(=NC(=O)CCl)S[C@H]2CS(=O)(=O)C[C@H]21. The number of carbonyl (C=O) groups excluding carboxylic acids is 1. The van der Waals surface area contributed by atoms with E-state index in [1.807, 2.05) is 0 Å². The van der Waals surface area contributed by atoms with Crippen LogP contribution in [0.2, 0.25) is 5.02 Å². The highest BCUT2D eigenvalue weighted by Crippen LogP contribution is 2.44. The molecule has 0 aliphatic carbocycles. The van der Waals surface area contributed by atoms with E-state index < -0.39 is 15.7 Å². The van der Waals surface area contributed by atoms with Gasteiger partial charge in [0.2, 0.25) is 0 Å². The first-order chi connectivity index (χ1) is 11.3. The molecule has 2 fully saturated rings. The van der Waals surface area contributed by atoms with Crippen LogP contribution in [0.3, 0.4) is 0 Å². The quantitative estimate of drug-likeness (QED) is 0.713. The van der Waals surface area contributed by atoms with E-state index in [1.54, 1.807) is 23.1 Å². The number of carbonyl (C=O) groups is 1. The van der Waals surface area contributed by atoms with Crippen molar-refractivity contribution in [1.82, 2.24) is 0 Å². The van der Waals surface area contributed by atoms with Crippen LogP contribution in [0.5, 0.6) is 5.75 Å². The maximum Gasteiger partial charge on any atom is 0.262 e. The lowest BCUT2D eigenvalue weighted by molar-refractivity contribution is -0.115. The third kappa shape index (κ3) is 3.37. The molecule has 0 aromatic heterocycles. The molecular weight excluding hydrogens is 395 g/mol. The number of anilines is 1. The zero-order valence-corrected chi connectivity index (χ0v) is 15.8.